The third-order valence-electron chi connectivity index (χ3n) is 9.09. The first-order valence-corrected chi connectivity index (χ1v) is 15.3. The molecule has 0 saturated carbocycles. The van der Waals surface area contributed by atoms with Gasteiger partial charge in [0.15, 0.2) is 0 Å². The molecule has 0 aliphatic carbocycles. The van der Waals surface area contributed by atoms with Crippen LogP contribution >= 0.6 is 11.6 Å². The second kappa shape index (κ2) is 12.4. The number of hydrogen-bond donors (Lipinski definition) is 1. The van der Waals surface area contributed by atoms with E-state index in [0.717, 1.165) is 55.1 Å². The van der Waals surface area contributed by atoms with Crippen molar-refractivity contribution in [1.29, 1.82) is 0 Å². The van der Waals surface area contributed by atoms with E-state index in [1.54, 1.807) is 17.0 Å². The highest BCUT2D eigenvalue weighted by atomic mass is 35.5. The average Bonchev–Trinajstić information content (AvgIpc) is 3.45. The number of nitrogens with one attached hydrogen (secondary N) is 1. The van der Waals surface area contributed by atoms with Gasteiger partial charge in [0.1, 0.15) is 5.82 Å². The Hall–Kier alpha value is -3.56. The molecule has 10 heteroatoms. The number of halogens is 1. The Morgan fingerprint density at radius 3 is 2.45 bits per heavy atom. The number of imidazole rings is 1. The summed E-state index contributed by atoms with van der Waals surface area (Å²) in [6.45, 7) is 4.88. The number of nitrogens with zero attached hydrogens (tertiary/aromatic N) is 5. The summed E-state index contributed by atoms with van der Waals surface area (Å²) in [5, 5.41) is 3.67. The van der Waals surface area contributed by atoms with Crippen molar-refractivity contribution in [2.24, 2.45) is 0 Å². The lowest BCUT2D eigenvalue weighted by molar-refractivity contribution is 0.103. The van der Waals surface area contributed by atoms with Crippen molar-refractivity contribution in [2.45, 2.75) is 70.1 Å². The lowest BCUT2D eigenvalue weighted by Gasteiger charge is -2.41. The van der Waals surface area contributed by atoms with Crippen LogP contribution in [0.4, 0.5) is 21.0 Å². The van der Waals surface area contributed by atoms with Gasteiger partial charge in [0.05, 0.1) is 19.3 Å². The molecule has 2 saturated heterocycles. The van der Waals surface area contributed by atoms with Gasteiger partial charge in [-0.25, -0.2) is 14.6 Å². The summed E-state index contributed by atoms with van der Waals surface area (Å²) in [7, 11) is 1.43. The van der Waals surface area contributed by atoms with Crippen LogP contribution in [0.3, 0.4) is 0 Å². The van der Waals surface area contributed by atoms with Crippen LogP contribution in [0.15, 0.2) is 54.6 Å². The highest BCUT2D eigenvalue weighted by Crippen LogP contribution is 2.42. The summed E-state index contributed by atoms with van der Waals surface area (Å²) in [6.07, 6.45) is 6.07. The van der Waals surface area contributed by atoms with Crippen LogP contribution in [0.2, 0.25) is 5.02 Å². The molecule has 3 aromatic rings. The van der Waals surface area contributed by atoms with Gasteiger partial charge in [-0.2, -0.15) is 0 Å². The maximum Gasteiger partial charge on any atom is 0.409 e. The molecule has 4 heterocycles. The number of carbonyl (C=O) groups is 2. The Kier molecular flexibility index (Phi) is 8.40. The smallest absolute Gasteiger partial charge is 0.409 e. The van der Waals surface area contributed by atoms with E-state index in [1.165, 1.54) is 25.6 Å². The van der Waals surface area contributed by atoms with E-state index in [-0.39, 0.29) is 12.1 Å². The molecule has 2 aromatic carbocycles. The summed E-state index contributed by atoms with van der Waals surface area (Å²) in [4.78, 5) is 36.6. The Labute approximate surface area is 252 Å². The van der Waals surface area contributed by atoms with Crippen molar-refractivity contribution in [2.75, 3.05) is 37.0 Å². The minimum absolute atomic E-state index is 0.142. The van der Waals surface area contributed by atoms with Crippen LogP contribution in [0.5, 0.6) is 0 Å². The van der Waals surface area contributed by atoms with Crippen molar-refractivity contribution in [3.05, 3.63) is 76.8 Å². The van der Waals surface area contributed by atoms with E-state index in [4.69, 9.17) is 21.3 Å². The van der Waals surface area contributed by atoms with E-state index in [0.29, 0.717) is 42.8 Å². The minimum atomic E-state index is -0.285. The lowest BCUT2D eigenvalue weighted by atomic mass is 9.95. The molecule has 222 valence electrons. The molecule has 3 aliphatic rings. The maximum atomic E-state index is 13.4. The SMILES string of the molecule is COC(=O)N1CCc2c(nc(C)n2C2C[C@H]3CC[C@@H](C2)N3CCCN(C(=O)Nc2ccc(Cl)cc2)c2ccccc2)C1. The molecule has 42 heavy (non-hydrogen) atoms. The summed E-state index contributed by atoms with van der Waals surface area (Å²) in [5.41, 5.74) is 3.91. The van der Waals surface area contributed by atoms with E-state index in [9.17, 15) is 9.59 Å². The fourth-order valence-corrected chi connectivity index (χ4v) is 7.35. The lowest BCUT2D eigenvalue weighted by Crippen LogP contribution is -2.45. The molecule has 9 nitrogen and oxygen atoms in total. The zero-order valence-corrected chi connectivity index (χ0v) is 25.1. The molecule has 1 N–H and O–H groups in total. The predicted molar refractivity (Wildman–Crippen MR) is 164 cm³/mol. The first kappa shape index (κ1) is 28.6. The normalized spacial score (nSPS) is 21.6. The number of aromatic nitrogens is 2. The van der Waals surface area contributed by atoms with Gasteiger partial charge in [0.2, 0.25) is 0 Å². The molecule has 6 rings (SSSR count). The number of methoxy groups -OCH3 is 1. The monoisotopic (exact) mass is 590 g/mol. The largest absolute Gasteiger partial charge is 0.453 e. The van der Waals surface area contributed by atoms with Crippen molar-refractivity contribution < 1.29 is 14.3 Å². The quantitative estimate of drug-likeness (QED) is 0.351. The first-order valence-electron chi connectivity index (χ1n) is 15.0. The fraction of sp³-hybridized carbons (Fsp3) is 0.469. The van der Waals surface area contributed by atoms with Crippen LogP contribution in [0.25, 0.3) is 0 Å². The molecule has 1 aromatic heterocycles. The van der Waals surface area contributed by atoms with Crippen LogP contribution in [-0.2, 0) is 17.7 Å². The zero-order valence-electron chi connectivity index (χ0n) is 24.3. The van der Waals surface area contributed by atoms with Gasteiger partial charge in [-0.3, -0.25) is 9.80 Å². The highest BCUT2D eigenvalue weighted by Gasteiger charge is 2.42. The number of ether oxygens (including phenoxy) is 1. The predicted octanol–water partition coefficient (Wildman–Crippen LogP) is 6.27. The van der Waals surface area contributed by atoms with E-state index in [1.807, 2.05) is 47.4 Å². The average molecular weight is 591 g/mol. The number of urea groups is 1. The second-order valence-electron chi connectivity index (χ2n) is 11.6. The molecule has 0 radical (unpaired) electrons. The number of amides is 3. The number of fused-ring (bicyclic) bond motifs is 3. The van der Waals surface area contributed by atoms with Gasteiger partial charge < -0.3 is 19.5 Å². The maximum absolute atomic E-state index is 13.4. The molecular weight excluding hydrogens is 552 g/mol. The highest BCUT2D eigenvalue weighted by molar-refractivity contribution is 6.30. The Balaban J connectivity index is 1.09. The number of benzene rings is 2. The summed E-state index contributed by atoms with van der Waals surface area (Å²) in [6, 6.07) is 18.4. The molecule has 0 spiro atoms. The Morgan fingerprint density at radius 2 is 1.76 bits per heavy atom. The van der Waals surface area contributed by atoms with Gasteiger partial charge in [0.25, 0.3) is 0 Å². The Morgan fingerprint density at radius 1 is 1.05 bits per heavy atom. The Bertz CT molecular complexity index is 1400. The topological polar surface area (TPSA) is 82.9 Å². The number of hydrogen-bond acceptors (Lipinski definition) is 5. The van der Waals surface area contributed by atoms with Crippen LogP contribution in [-0.4, -0.2) is 70.3 Å². The minimum Gasteiger partial charge on any atom is -0.453 e. The van der Waals surface area contributed by atoms with Gasteiger partial charge in [-0.05, 0) is 75.4 Å². The van der Waals surface area contributed by atoms with Gasteiger partial charge in [-0.15, -0.1) is 0 Å². The van der Waals surface area contributed by atoms with Crippen LogP contribution < -0.4 is 10.2 Å². The van der Waals surface area contributed by atoms with Crippen molar-refractivity contribution >= 4 is 35.1 Å². The van der Waals surface area contributed by atoms with Gasteiger partial charge in [-0.1, -0.05) is 29.8 Å². The fourth-order valence-electron chi connectivity index (χ4n) is 7.22. The van der Waals surface area contributed by atoms with E-state index < -0.39 is 0 Å². The zero-order chi connectivity index (χ0) is 29.2. The molecule has 3 atom stereocenters. The van der Waals surface area contributed by atoms with Gasteiger partial charge >= 0.3 is 12.1 Å². The molecule has 2 fully saturated rings. The number of carbonyl (C=O) groups excluding carboxylic acids is 2. The summed E-state index contributed by atoms with van der Waals surface area (Å²) >= 11 is 6.03. The van der Waals surface area contributed by atoms with E-state index >= 15 is 0 Å². The van der Waals surface area contributed by atoms with E-state index in [2.05, 4.69) is 21.7 Å². The van der Waals surface area contributed by atoms with Crippen molar-refractivity contribution in [3.63, 3.8) is 0 Å². The summed E-state index contributed by atoms with van der Waals surface area (Å²) in [5.74, 6) is 1.05. The van der Waals surface area contributed by atoms with Crippen molar-refractivity contribution in [1.82, 2.24) is 19.4 Å². The third kappa shape index (κ3) is 5.85. The third-order valence-corrected chi connectivity index (χ3v) is 9.34. The first-order chi connectivity index (χ1) is 20.4. The number of rotatable bonds is 7. The van der Waals surface area contributed by atoms with Crippen LogP contribution in [0.1, 0.15) is 55.4 Å². The standard InChI is InChI=1S/C32H39ClN6O3/c1-22-34-29-21-36(32(41)42-2)18-15-30(29)39(22)28-19-26-13-14-27(20-28)37(26)16-6-17-38(25-7-4-3-5-8-25)31(40)35-24-11-9-23(33)10-12-24/h3-5,7-12,26-28H,6,13-21H2,1-2H3,(H,35,40)/t26-,27+,28?. The molecule has 3 aliphatic heterocycles. The number of aryl methyl sites for hydroxylation is 1. The molecule has 1 unspecified atom stereocenters. The second-order valence-corrected chi connectivity index (χ2v) is 12.0. The molecular formula is C32H39ClN6O3. The van der Waals surface area contributed by atoms with Gasteiger partial charge in [0, 0.05) is 66.3 Å². The summed E-state index contributed by atoms with van der Waals surface area (Å²) < 4.78 is 7.42. The van der Waals surface area contributed by atoms with Crippen LogP contribution in [0, 0.1) is 6.92 Å². The number of anilines is 2. The van der Waals surface area contributed by atoms with Crippen molar-refractivity contribution in [3.8, 4) is 0 Å². The molecule has 2 bridgehead atoms. The molecule has 3 amide bonds. The number of piperidine rings is 1. The number of para-hydroxylation sites is 1.